The molecule has 0 saturated heterocycles. The SMILES string of the molecule is O=C(Cc1ccc(-c2ccccc2)o1)c1ccccc1. The van der Waals surface area contributed by atoms with Crippen molar-refractivity contribution in [3.63, 3.8) is 0 Å². The standard InChI is InChI=1S/C18H14O2/c19-17(14-7-3-1-4-8-14)13-16-11-12-18(20-16)15-9-5-2-6-10-15/h1-12H,13H2. The van der Waals surface area contributed by atoms with E-state index in [1.165, 1.54) is 0 Å². The Kier molecular flexibility index (Phi) is 3.46. The molecule has 0 fully saturated rings. The molecule has 0 bridgehead atoms. The second-order valence-corrected chi connectivity index (χ2v) is 4.60. The molecule has 1 aromatic heterocycles. The van der Waals surface area contributed by atoms with Gasteiger partial charge in [-0.25, -0.2) is 0 Å². The minimum Gasteiger partial charge on any atom is -0.461 e. The number of carbonyl (C=O) groups excluding carboxylic acids is 1. The van der Waals surface area contributed by atoms with Crippen LogP contribution < -0.4 is 0 Å². The van der Waals surface area contributed by atoms with Gasteiger partial charge in [-0.3, -0.25) is 4.79 Å². The fourth-order valence-electron chi connectivity index (χ4n) is 2.11. The van der Waals surface area contributed by atoms with E-state index < -0.39 is 0 Å². The Morgan fingerprint density at radius 1 is 0.800 bits per heavy atom. The molecule has 0 unspecified atom stereocenters. The molecule has 0 radical (unpaired) electrons. The van der Waals surface area contributed by atoms with Crippen molar-refractivity contribution in [2.45, 2.75) is 6.42 Å². The number of hydrogen-bond acceptors (Lipinski definition) is 2. The van der Waals surface area contributed by atoms with Gasteiger partial charge in [0.25, 0.3) is 0 Å². The summed E-state index contributed by atoms with van der Waals surface area (Å²) in [7, 11) is 0. The van der Waals surface area contributed by atoms with Gasteiger partial charge in [-0.05, 0) is 12.1 Å². The van der Waals surface area contributed by atoms with Crippen molar-refractivity contribution in [3.05, 3.63) is 84.1 Å². The minimum absolute atomic E-state index is 0.0690. The maximum absolute atomic E-state index is 12.1. The largest absolute Gasteiger partial charge is 0.461 e. The van der Waals surface area contributed by atoms with Crippen LogP contribution in [-0.4, -0.2) is 5.78 Å². The van der Waals surface area contributed by atoms with E-state index in [2.05, 4.69) is 0 Å². The zero-order valence-electron chi connectivity index (χ0n) is 11.0. The Morgan fingerprint density at radius 3 is 2.15 bits per heavy atom. The highest BCUT2D eigenvalue weighted by molar-refractivity contribution is 5.97. The summed E-state index contributed by atoms with van der Waals surface area (Å²) in [5.74, 6) is 1.55. The van der Waals surface area contributed by atoms with E-state index in [0.717, 1.165) is 11.3 Å². The number of rotatable bonds is 4. The van der Waals surface area contributed by atoms with Gasteiger partial charge < -0.3 is 4.42 Å². The molecule has 0 aliphatic heterocycles. The van der Waals surface area contributed by atoms with E-state index in [9.17, 15) is 4.79 Å². The lowest BCUT2D eigenvalue weighted by atomic mass is 10.1. The lowest BCUT2D eigenvalue weighted by Gasteiger charge is -1.99. The second-order valence-electron chi connectivity index (χ2n) is 4.60. The van der Waals surface area contributed by atoms with E-state index in [-0.39, 0.29) is 12.2 Å². The first-order valence-corrected chi connectivity index (χ1v) is 6.55. The zero-order valence-corrected chi connectivity index (χ0v) is 11.0. The zero-order chi connectivity index (χ0) is 13.8. The first-order valence-electron chi connectivity index (χ1n) is 6.55. The molecule has 2 nitrogen and oxygen atoms in total. The summed E-state index contributed by atoms with van der Waals surface area (Å²) in [6, 6.07) is 22.9. The van der Waals surface area contributed by atoms with E-state index in [4.69, 9.17) is 4.42 Å². The van der Waals surface area contributed by atoms with Gasteiger partial charge in [0.2, 0.25) is 0 Å². The number of Topliss-reactive ketones (excluding diaryl/α,β-unsaturated/α-hetero) is 1. The molecule has 0 saturated carbocycles. The minimum atomic E-state index is 0.0690. The fraction of sp³-hybridized carbons (Fsp3) is 0.0556. The Morgan fingerprint density at radius 2 is 1.45 bits per heavy atom. The molecule has 2 aromatic carbocycles. The van der Waals surface area contributed by atoms with E-state index in [1.807, 2.05) is 72.8 Å². The Labute approximate surface area is 117 Å². The molecule has 0 aliphatic carbocycles. The Balaban J connectivity index is 1.77. The van der Waals surface area contributed by atoms with Crippen LogP contribution in [0, 0.1) is 0 Å². The van der Waals surface area contributed by atoms with E-state index in [0.29, 0.717) is 11.3 Å². The number of ketones is 1. The summed E-state index contributed by atoms with van der Waals surface area (Å²) in [4.78, 5) is 12.1. The monoisotopic (exact) mass is 262 g/mol. The molecule has 3 aromatic rings. The molecule has 98 valence electrons. The van der Waals surface area contributed by atoms with Crippen LogP contribution >= 0.6 is 0 Å². The predicted molar refractivity (Wildman–Crippen MR) is 78.6 cm³/mol. The molecule has 20 heavy (non-hydrogen) atoms. The second kappa shape index (κ2) is 5.57. The Bertz CT molecular complexity index is 697. The lowest BCUT2D eigenvalue weighted by Crippen LogP contribution is -2.01. The van der Waals surface area contributed by atoms with Gasteiger partial charge in [-0.1, -0.05) is 60.7 Å². The van der Waals surface area contributed by atoms with Crippen LogP contribution in [0.25, 0.3) is 11.3 Å². The number of benzene rings is 2. The highest BCUT2D eigenvalue weighted by Gasteiger charge is 2.10. The topological polar surface area (TPSA) is 30.2 Å². The summed E-state index contributed by atoms with van der Waals surface area (Å²) < 4.78 is 5.74. The van der Waals surface area contributed by atoms with Crippen molar-refractivity contribution in [1.82, 2.24) is 0 Å². The van der Waals surface area contributed by atoms with Crippen LogP contribution in [0.1, 0.15) is 16.1 Å². The van der Waals surface area contributed by atoms with Crippen molar-refractivity contribution in [2.75, 3.05) is 0 Å². The number of carbonyl (C=O) groups is 1. The quantitative estimate of drug-likeness (QED) is 0.653. The van der Waals surface area contributed by atoms with Crippen molar-refractivity contribution in [1.29, 1.82) is 0 Å². The molecule has 0 amide bonds. The van der Waals surface area contributed by atoms with Gasteiger partial charge in [0.15, 0.2) is 5.78 Å². The summed E-state index contributed by atoms with van der Waals surface area (Å²) >= 11 is 0. The summed E-state index contributed by atoms with van der Waals surface area (Å²) in [5, 5.41) is 0. The first-order chi connectivity index (χ1) is 9.83. The van der Waals surface area contributed by atoms with Crippen LogP contribution in [0.4, 0.5) is 0 Å². The maximum Gasteiger partial charge on any atom is 0.170 e. The average molecular weight is 262 g/mol. The third kappa shape index (κ3) is 2.69. The third-order valence-corrected chi connectivity index (χ3v) is 3.15. The number of hydrogen-bond donors (Lipinski definition) is 0. The molecule has 0 aliphatic rings. The summed E-state index contributed by atoms with van der Waals surface area (Å²) in [6.45, 7) is 0. The van der Waals surface area contributed by atoms with Gasteiger partial charge in [0.1, 0.15) is 11.5 Å². The molecule has 1 heterocycles. The predicted octanol–water partition coefficient (Wildman–Crippen LogP) is 4.37. The van der Waals surface area contributed by atoms with Gasteiger partial charge in [0.05, 0.1) is 6.42 Å². The van der Waals surface area contributed by atoms with Gasteiger partial charge >= 0.3 is 0 Å². The lowest BCUT2D eigenvalue weighted by molar-refractivity contribution is 0.0987. The molecule has 3 rings (SSSR count). The smallest absolute Gasteiger partial charge is 0.170 e. The maximum atomic E-state index is 12.1. The molecular weight excluding hydrogens is 248 g/mol. The van der Waals surface area contributed by atoms with Crippen molar-refractivity contribution < 1.29 is 9.21 Å². The van der Waals surface area contributed by atoms with Gasteiger partial charge in [0, 0.05) is 11.1 Å². The summed E-state index contributed by atoms with van der Waals surface area (Å²) in [5.41, 5.74) is 1.73. The highest BCUT2D eigenvalue weighted by atomic mass is 16.3. The van der Waals surface area contributed by atoms with Crippen LogP contribution in [0.5, 0.6) is 0 Å². The molecule has 0 atom stereocenters. The third-order valence-electron chi connectivity index (χ3n) is 3.15. The van der Waals surface area contributed by atoms with Crippen LogP contribution in [0.3, 0.4) is 0 Å². The number of furan rings is 1. The van der Waals surface area contributed by atoms with Crippen LogP contribution in [-0.2, 0) is 6.42 Å². The highest BCUT2D eigenvalue weighted by Crippen LogP contribution is 2.22. The van der Waals surface area contributed by atoms with E-state index in [1.54, 1.807) is 0 Å². The van der Waals surface area contributed by atoms with Gasteiger partial charge in [-0.15, -0.1) is 0 Å². The molecule has 2 heteroatoms. The molecule has 0 spiro atoms. The normalized spacial score (nSPS) is 10.4. The van der Waals surface area contributed by atoms with Crippen LogP contribution in [0.15, 0.2) is 77.2 Å². The Hall–Kier alpha value is -2.61. The molecular formula is C18H14O2. The van der Waals surface area contributed by atoms with E-state index >= 15 is 0 Å². The van der Waals surface area contributed by atoms with Crippen LogP contribution in [0.2, 0.25) is 0 Å². The van der Waals surface area contributed by atoms with Crippen molar-refractivity contribution in [3.8, 4) is 11.3 Å². The van der Waals surface area contributed by atoms with Crippen molar-refractivity contribution in [2.24, 2.45) is 0 Å². The molecule has 0 N–H and O–H groups in total. The first kappa shape index (κ1) is 12.4. The average Bonchev–Trinajstić information content (AvgIpc) is 2.97. The van der Waals surface area contributed by atoms with Gasteiger partial charge in [-0.2, -0.15) is 0 Å². The van der Waals surface area contributed by atoms with Crippen molar-refractivity contribution >= 4 is 5.78 Å². The summed E-state index contributed by atoms with van der Waals surface area (Å²) in [6.07, 6.45) is 0.289. The fourth-order valence-corrected chi connectivity index (χ4v) is 2.11.